The summed E-state index contributed by atoms with van der Waals surface area (Å²) in [5.74, 6) is -4.06. The molecular weight excluding hydrogens is 524 g/mol. The van der Waals surface area contributed by atoms with E-state index >= 15 is 0 Å². The van der Waals surface area contributed by atoms with Crippen LogP contribution in [0.3, 0.4) is 0 Å². The molecule has 0 saturated heterocycles. The Hall–Kier alpha value is -4.13. The topological polar surface area (TPSA) is 143 Å². The monoisotopic (exact) mass is 552 g/mol. The fourth-order valence-corrected chi connectivity index (χ4v) is 3.47. The minimum absolute atomic E-state index is 0.0313. The van der Waals surface area contributed by atoms with Gasteiger partial charge in [-0.15, -0.1) is 0 Å². The summed E-state index contributed by atoms with van der Waals surface area (Å²) in [6, 6.07) is 4.77. The highest BCUT2D eigenvalue weighted by Gasteiger charge is 2.28. The number of rotatable bonds is 11. The Morgan fingerprint density at radius 3 is 2.44 bits per heavy atom. The van der Waals surface area contributed by atoms with Crippen LogP contribution in [0, 0.1) is 17.6 Å². The van der Waals surface area contributed by atoms with Crippen LogP contribution in [0.4, 0.5) is 17.6 Å². The van der Waals surface area contributed by atoms with E-state index in [1.165, 1.54) is 18.2 Å². The van der Waals surface area contributed by atoms with Crippen LogP contribution in [0.25, 0.3) is 11.5 Å². The molecule has 1 aromatic heterocycles. The van der Waals surface area contributed by atoms with Crippen LogP contribution in [0.2, 0.25) is 0 Å². The van der Waals surface area contributed by atoms with Crippen LogP contribution in [0.5, 0.6) is 11.5 Å². The third-order valence-corrected chi connectivity index (χ3v) is 5.51. The van der Waals surface area contributed by atoms with Gasteiger partial charge >= 0.3 is 6.61 Å². The highest BCUT2D eigenvalue weighted by Crippen LogP contribution is 2.36. The second-order valence-corrected chi connectivity index (χ2v) is 8.26. The normalized spacial score (nSPS) is 13.3. The largest absolute Gasteiger partial charge is 0.489 e. The lowest BCUT2D eigenvalue weighted by molar-refractivity contribution is -0.120. The van der Waals surface area contributed by atoms with E-state index in [9.17, 15) is 27.2 Å². The fourth-order valence-electron chi connectivity index (χ4n) is 3.47. The lowest BCUT2D eigenvalue weighted by atomic mass is 10.1. The number of oxazole rings is 1. The van der Waals surface area contributed by atoms with E-state index in [-0.39, 0.29) is 46.5 Å². The van der Waals surface area contributed by atoms with Crippen LogP contribution < -0.4 is 26.3 Å². The van der Waals surface area contributed by atoms with Crippen molar-refractivity contribution in [2.45, 2.75) is 45.9 Å². The maximum Gasteiger partial charge on any atom is 0.387 e. The highest BCUT2D eigenvalue weighted by molar-refractivity contribution is 5.97. The number of amides is 2. The molecular formula is C26H28F4N4O5. The summed E-state index contributed by atoms with van der Waals surface area (Å²) in [6.07, 6.45) is 1.94. The van der Waals surface area contributed by atoms with Crippen molar-refractivity contribution in [1.29, 1.82) is 0 Å². The molecule has 13 heteroatoms. The Morgan fingerprint density at radius 1 is 1.13 bits per heavy atom. The Morgan fingerprint density at radius 2 is 1.85 bits per heavy atom. The Kier molecular flexibility index (Phi) is 9.88. The average Bonchev–Trinajstić information content (AvgIpc) is 3.63. The van der Waals surface area contributed by atoms with Crippen molar-refractivity contribution in [1.82, 2.24) is 10.3 Å². The molecule has 1 aliphatic rings. The van der Waals surface area contributed by atoms with Crippen molar-refractivity contribution in [3.05, 3.63) is 65.1 Å². The van der Waals surface area contributed by atoms with Crippen LogP contribution in [0.1, 0.15) is 54.5 Å². The Balaban J connectivity index is 0.00000205. The van der Waals surface area contributed by atoms with E-state index in [2.05, 4.69) is 15.0 Å². The molecule has 1 atom stereocenters. The number of halogens is 4. The quantitative estimate of drug-likeness (QED) is 0.298. The molecule has 2 aromatic carbocycles. The number of nitrogens with one attached hydrogen (secondary N) is 1. The Labute approximate surface area is 221 Å². The highest BCUT2D eigenvalue weighted by atomic mass is 19.3. The molecule has 4 rings (SSSR count). The molecule has 0 radical (unpaired) electrons. The maximum atomic E-state index is 14.2. The van der Waals surface area contributed by atoms with Crippen LogP contribution in [-0.2, 0) is 11.3 Å². The first-order valence-corrected chi connectivity index (χ1v) is 12.1. The summed E-state index contributed by atoms with van der Waals surface area (Å²) in [5, 5.41) is 2.25. The lowest BCUT2D eigenvalue weighted by Crippen LogP contribution is -2.38. The molecule has 5 N–H and O–H groups in total. The number of carbonyl (C=O) groups is 2. The molecule has 39 heavy (non-hydrogen) atoms. The van der Waals surface area contributed by atoms with Gasteiger partial charge in [0.05, 0.1) is 13.2 Å². The second-order valence-electron chi connectivity index (χ2n) is 8.26. The standard InChI is InChI=1S/C24H22F4N4O5.C2H6/c25-13-4-5-14(15(26)8-13)19(21(30)33)31-22(34)20-18(9-29)36-23(32-20)12-3-6-16(37-24(27)28)17(7-12)35-10-11-1-2-11;1-2/h3-8,11,19,24H,1-2,9-10,29H2,(H2,30,33)(H,31,34);1-2H3. The zero-order valence-corrected chi connectivity index (χ0v) is 21.2. The minimum Gasteiger partial charge on any atom is -0.489 e. The van der Waals surface area contributed by atoms with Crippen molar-refractivity contribution in [2.24, 2.45) is 17.4 Å². The van der Waals surface area contributed by atoms with Gasteiger partial charge in [0.2, 0.25) is 11.8 Å². The van der Waals surface area contributed by atoms with Gasteiger partial charge in [-0.1, -0.05) is 19.9 Å². The number of carbonyl (C=O) groups excluding carboxylic acids is 2. The summed E-state index contributed by atoms with van der Waals surface area (Å²) in [5.41, 5.74) is 10.6. The molecule has 1 fully saturated rings. The van der Waals surface area contributed by atoms with Gasteiger partial charge in [0, 0.05) is 17.2 Å². The number of ether oxygens (including phenoxy) is 2. The van der Waals surface area contributed by atoms with E-state index in [4.69, 9.17) is 20.6 Å². The van der Waals surface area contributed by atoms with Crippen LogP contribution in [0.15, 0.2) is 40.8 Å². The molecule has 1 unspecified atom stereocenters. The first-order valence-electron chi connectivity index (χ1n) is 12.1. The summed E-state index contributed by atoms with van der Waals surface area (Å²) >= 11 is 0. The van der Waals surface area contributed by atoms with Gasteiger partial charge < -0.3 is 30.7 Å². The van der Waals surface area contributed by atoms with Crippen molar-refractivity contribution in [3.8, 4) is 23.0 Å². The number of hydrogen-bond donors (Lipinski definition) is 3. The minimum atomic E-state index is -3.07. The molecule has 0 bridgehead atoms. The molecule has 0 spiro atoms. The number of nitrogens with zero attached hydrogens (tertiary/aromatic N) is 1. The number of alkyl halides is 2. The number of primary amides is 1. The van der Waals surface area contributed by atoms with E-state index < -0.39 is 36.1 Å². The first kappa shape index (κ1) is 29.4. The van der Waals surface area contributed by atoms with Gasteiger partial charge in [0.1, 0.15) is 17.7 Å². The van der Waals surface area contributed by atoms with Crippen molar-refractivity contribution in [3.63, 3.8) is 0 Å². The lowest BCUT2D eigenvalue weighted by Gasteiger charge is -2.16. The third-order valence-electron chi connectivity index (χ3n) is 5.51. The molecule has 210 valence electrons. The number of nitrogens with two attached hydrogens (primary N) is 2. The van der Waals surface area contributed by atoms with Gasteiger partial charge in [0.15, 0.2) is 23.0 Å². The summed E-state index contributed by atoms with van der Waals surface area (Å²) in [6.45, 7) is 0.962. The molecule has 3 aromatic rings. The summed E-state index contributed by atoms with van der Waals surface area (Å²) < 4.78 is 68.9. The number of benzene rings is 2. The predicted molar refractivity (Wildman–Crippen MR) is 132 cm³/mol. The van der Waals surface area contributed by atoms with Gasteiger partial charge in [-0.2, -0.15) is 8.78 Å². The molecule has 1 heterocycles. The predicted octanol–water partition coefficient (Wildman–Crippen LogP) is 4.45. The van der Waals surface area contributed by atoms with Gasteiger partial charge in [0.25, 0.3) is 5.91 Å². The maximum absolute atomic E-state index is 14.2. The van der Waals surface area contributed by atoms with Crippen molar-refractivity contribution >= 4 is 11.8 Å². The number of hydrogen-bond acceptors (Lipinski definition) is 7. The zero-order valence-electron chi connectivity index (χ0n) is 21.2. The van der Waals surface area contributed by atoms with Gasteiger partial charge in [-0.05, 0) is 43.0 Å². The molecule has 2 amide bonds. The first-order chi connectivity index (χ1) is 18.7. The van der Waals surface area contributed by atoms with Crippen molar-refractivity contribution < 1.29 is 41.0 Å². The van der Waals surface area contributed by atoms with E-state index in [1.807, 2.05) is 13.8 Å². The summed E-state index contributed by atoms with van der Waals surface area (Å²) in [7, 11) is 0. The second kappa shape index (κ2) is 13.1. The van der Waals surface area contributed by atoms with Gasteiger partial charge in [-0.25, -0.2) is 13.8 Å². The zero-order chi connectivity index (χ0) is 28.7. The number of aromatic nitrogens is 1. The molecule has 1 saturated carbocycles. The van der Waals surface area contributed by atoms with Crippen molar-refractivity contribution in [2.75, 3.05) is 6.61 Å². The van der Waals surface area contributed by atoms with E-state index in [0.717, 1.165) is 25.0 Å². The average molecular weight is 553 g/mol. The molecule has 0 aliphatic heterocycles. The van der Waals surface area contributed by atoms with Crippen LogP contribution >= 0.6 is 0 Å². The Bertz CT molecular complexity index is 1310. The smallest absolute Gasteiger partial charge is 0.387 e. The van der Waals surface area contributed by atoms with E-state index in [0.29, 0.717) is 18.6 Å². The SMILES string of the molecule is CC.NCc1oc(-c2ccc(OC(F)F)c(OCC3CC3)c2)nc1C(=O)NC(C(N)=O)c1ccc(F)cc1F. The summed E-state index contributed by atoms with van der Waals surface area (Å²) in [4.78, 5) is 29.0. The molecule has 9 nitrogen and oxygen atoms in total. The van der Waals surface area contributed by atoms with E-state index in [1.54, 1.807) is 0 Å². The fraction of sp³-hybridized carbons (Fsp3) is 0.346. The molecule has 1 aliphatic carbocycles. The third kappa shape index (κ3) is 7.47. The van der Waals surface area contributed by atoms with Crippen LogP contribution in [-0.4, -0.2) is 30.0 Å². The van der Waals surface area contributed by atoms with Gasteiger partial charge in [-0.3, -0.25) is 9.59 Å².